The van der Waals surface area contributed by atoms with Crippen LogP contribution in [0.4, 0.5) is 0 Å². The van der Waals surface area contributed by atoms with Crippen LogP contribution in [0.25, 0.3) is 112 Å². The molecule has 0 saturated heterocycles. The molecule has 8 aromatic carbocycles. The summed E-state index contributed by atoms with van der Waals surface area (Å²) in [5.74, 6) is 2.21. The average Bonchev–Trinajstić information content (AvgIpc) is 3.85. The standard InChI is InChI=1S/C53H33N7/c1-5-17-34(18-6-1)50-54-44-32-29-38(33-43(44)47(55-50)53-57-51(35-19-7-2-8-20-35)56-52(58-53)36-21-9-3-10-22-36)60-46-28-16-14-26-40(46)42-31-30-41-39-25-13-15-27-45(39)59(48(41)49(42)60)37-23-11-4-12-24-37/h1-33H. The summed E-state index contributed by atoms with van der Waals surface area (Å²) in [4.78, 5) is 25.8. The molecule has 7 nitrogen and oxygen atoms in total. The fourth-order valence-electron chi connectivity index (χ4n) is 8.67. The Kier molecular flexibility index (Phi) is 7.71. The van der Waals surface area contributed by atoms with E-state index in [2.05, 4.69) is 118 Å². The van der Waals surface area contributed by atoms with E-state index in [1.807, 2.05) is 91.0 Å². The van der Waals surface area contributed by atoms with Gasteiger partial charge in [-0.25, -0.2) is 24.9 Å². The lowest BCUT2D eigenvalue weighted by atomic mass is 10.1. The SMILES string of the molecule is c1ccc(-c2nc(-c3ccccc3)nc(-c3nc(-c4ccccc4)nc4ccc(-n5c6ccccc6c6ccc7c8ccccc8n(-c8ccccc8)c7c65)cc34)n2)cc1. The lowest BCUT2D eigenvalue weighted by molar-refractivity contribution is 1.06. The highest BCUT2D eigenvalue weighted by Crippen LogP contribution is 2.42. The highest BCUT2D eigenvalue weighted by atomic mass is 15.1. The number of para-hydroxylation sites is 3. The maximum atomic E-state index is 5.31. The van der Waals surface area contributed by atoms with Crippen molar-refractivity contribution in [3.63, 3.8) is 0 Å². The predicted octanol–water partition coefficient (Wildman–Crippen LogP) is 12.7. The van der Waals surface area contributed by atoms with E-state index in [1.165, 1.54) is 21.5 Å². The van der Waals surface area contributed by atoms with Gasteiger partial charge in [0, 0.05) is 55.0 Å². The lowest BCUT2D eigenvalue weighted by Crippen LogP contribution is -2.04. The Morgan fingerprint density at radius 2 is 0.717 bits per heavy atom. The lowest BCUT2D eigenvalue weighted by Gasteiger charge is -2.15. The third kappa shape index (κ3) is 5.41. The molecule has 0 aliphatic carbocycles. The van der Waals surface area contributed by atoms with Crippen molar-refractivity contribution in [3.8, 4) is 57.1 Å². The molecule has 0 atom stereocenters. The molecule has 0 aliphatic heterocycles. The summed E-state index contributed by atoms with van der Waals surface area (Å²) in [6.07, 6.45) is 0. The molecular formula is C53H33N7. The summed E-state index contributed by atoms with van der Waals surface area (Å²) >= 11 is 0. The number of hydrogen-bond donors (Lipinski definition) is 0. The minimum absolute atomic E-state index is 0.471. The molecule has 0 radical (unpaired) electrons. The molecule has 60 heavy (non-hydrogen) atoms. The van der Waals surface area contributed by atoms with Gasteiger partial charge < -0.3 is 9.13 Å². The first kappa shape index (κ1) is 33.8. The van der Waals surface area contributed by atoms with E-state index < -0.39 is 0 Å². The van der Waals surface area contributed by atoms with Gasteiger partial charge in [0.1, 0.15) is 5.69 Å². The van der Waals surface area contributed by atoms with Crippen molar-refractivity contribution in [2.24, 2.45) is 0 Å². The number of hydrogen-bond acceptors (Lipinski definition) is 5. The van der Waals surface area contributed by atoms with E-state index in [4.69, 9.17) is 24.9 Å². The van der Waals surface area contributed by atoms with Gasteiger partial charge >= 0.3 is 0 Å². The van der Waals surface area contributed by atoms with Gasteiger partial charge in [0.15, 0.2) is 23.3 Å². The molecule has 0 unspecified atom stereocenters. The summed E-state index contributed by atoms with van der Waals surface area (Å²) in [7, 11) is 0. The van der Waals surface area contributed by atoms with E-state index in [-0.39, 0.29) is 0 Å². The second kappa shape index (κ2) is 13.7. The largest absolute Gasteiger partial charge is 0.307 e. The Hall–Kier alpha value is -8.29. The molecule has 4 aromatic heterocycles. The van der Waals surface area contributed by atoms with Crippen LogP contribution in [0.2, 0.25) is 0 Å². The van der Waals surface area contributed by atoms with Crippen LogP contribution in [0.15, 0.2) is 200 Å². The first-order valence-electron chi connectivity index (χ1n) is 20.0. The van der Waals surface area contributed by atoms with Crippen LogP contribution >= 0.6 is 0 Å². The number of rotatable bonds is 6. The topological polar surface area (TPSA) is 74.3 Å². The zero-order valence-corrected chi connectivity index (χ0v) is 32.2. The molecule has 0 spiro atoms. The molecular weight excluding hydrogens is 735 g/mol. The molecule has 12 aromatic rings. The van der Waals surface area contributed by atoms with Crippen molar-refractivity contribution < 1.29 is 0 Å². The van der Waals surface area contributed by atoms with Crippen molar-refractivity contribution in [3.05, 3.63) is 200 Å². The monoisotopic (exact) mass is 767 g/mol. The number of aromatic nitrogens is 7. The third-order valence-electron chi connectivity index (χ3n) is 11.4. The number of benzene rings is 8. The molecule has 12 rings (SSSR count). The Bertz CT molecular complexity index is 3520. The maximum Gasteiger partial charge on any atom is 0.183 e. The Labute approximate surface area is 344 Å². The zero-order chi connectivity index (χ0) is 39.6. The second-order valence-electron chi connectivity index (χ2n) is 14.9. The quantitative estimate of drug-likeness (QED) is 0.168. The van der Waals surface area contributed by atoms with Crippen molar-refractivity contribution >= 4 is 54.5 Å². The van der Waals surface area contributed by atoms with Crippen molar-refractivity contribution in [1.82, 2.24) is 34.1 Å². The van der Waals surface area contributed by atoms with Crippen molar-refractivity contribution in [1.29, 1.82) is 0 Å². The van der Waals surface area contributed by atoms with Crippen LogP contribution < -0.4 is 0 Å². The molecule has 7 heteroatoms. The second-order valence-corrected chi connectivity index (χ2v) is 14.9. The normalized spacial score (nSPS) is 11.7. The summed E-state index contributed by atoms with van der Waals surface area (Å²) in [6, 6.07) is 69.2. The zero-order valence-electron chi connectivity index (χ0n) is 32.2. The van der Waals surface area contributed by atoms with Gasteiger partial charge in [-0.05, 0) is 42.5 Å². The minimum atomic E-state index is 0.471. The van der Waals surface area contributed by atoms with E-state index in [9.17, 15) is 0 Å². The highest BCUT2D eigenvalue weighted by Gasteiger charge is 2.23. The first-order valence-corrected chi connectivity index (χ1v) is 20.0. The molecule has 0 saturated carbocycles. The summed E-state index contributed by atoms with van der Waals surface area (Å²) < 4.78 is 4.81. The molecule has 0 fully saturated rings. The highest BCUT2D eigenvalue weighted by molar-refractivity contribution is 6.24. The van der Waals surface area contributed by atoms with E-state index in [0.717, 1.165) is 61.0 Å². The fraction of sp³-hybridized carbons (Fsp3) is 0. The first-order chi connectivity index (χ1) is 29.8. The predicted molar refractivity (Wildman–Crippen MR) is 243 cm³/mol. The van der Waals surface area contributed by atoms with Gasteiger partial charge in [-0.15, -0.1) is 0 Å². The molecule has 0 aliphatic rings. The van der Waals surface area contributed by atoms with Gasteiger partial charge in [0.2, 0.25) is 0 Å². The van der Waals surface area contributed by atoms with Crippen molar-refractivity contribution in [2.45, 2.75) is 0 Å². The van der Waals surface area contributed by atoms with Gasteiger partial charge in [0.05, 0.1) is 27.6 Å². The Morgan fingerprint density at radius 1 is 0.283 bits per heavy atom. The Morgan fingerprint density at radius 3 is 1.25 bits per heavy atom. The van der Waals surface area contributed by atoms with Crippen LogP contribution in [0.1, 0.15) is 0 Å². The van der Waals surface area contributed by atoms with Gasteiger partial charge in [-0.2, -0.15) is 0 Å². The molecule has 280 valence electrons. The van der Waals surface area contributed by atoms with Gasteiger partial charge in [-0.1, -0.05) is 158 Å². The number of nitrogens with zero attached hydrogens (tertiary/aromatic N) is 7. The van der Waals surface area contributed by atoms with Crippen LogP contribution in [-0.2, 0) is 0 Å². The minimum Gasteiger partial charge on any atom is -0.307 e. The van der Waals surface area contributed by atoms with Gasteiger partial charge in [-0.3, -0.25) is 0 Å². The van der Waals surface area contributed by atoms with Crippen LogP contribution in [-0.4, -0.2) is 34.1 Å². The van der Waals surface area contributed by atoms with E-state index in [0.29, 0.717) is 29.0 Å². The molecule has 4 heterocycles. The average molecular weight is 768 g/mol. The Balaban J connectivity index is 1.19. The third-order valence-corrected chi connectivity index (χ3v) is 11.4. The van der Waals surface area contributed by atoms with E-state index in [1.54, 1.807) is 0 Å². The maximum absolute atomic E-state index is 5.31. The summed E-state index contributed by atoms with van der Waals surface area (Å²) in [5.41, 5.74) is 10.7. The molecule has 0 bridgehead atoms. The number of fused-ring (bicyclic) bond motifs is 8. The van der Waals surface area contributed by atoms with Crippen LogP contribution in [0.5, 0.6) is 0 Å². The van der Waals surface area contributed by atoms with Gasteiger partial charge in [0.25, 0.3) is 0 Å². The fourth-order valence-corrected chi connectivity index (χ4v) is 8.67. The smallest absolute Gasteiger partial charge is 0.183 e. The summed E-state index contributed by atoms with van der Waals surface area (Å²) in [6.45, 7) is 0. The van der Waals surface area contributed by atoms with Crippen LogP contribution in [0, 0.1) is 0 Å². The molecule has 0 amide bonds. The van der Waals surface area contributed by atoms with E-state index >= 15 is 0 Å². The van der Waals surface area contributed by atoms with Crippen molar-refractivity contribution in [2.75, 3.05) is 0 Å². The van der Waals surface area contributed by atoms with Crippen LogP contribution in [0.3, 0.4) is 0 Å². The summed E-state index contributed by atoms with van der Waals surface area (Å²) in [5, 5.41) is 5.57. The molecule has 0 N–H and O–H groups in total.